The molecule has 2 rings (SSSR count). The molecule has 2 aliphatic rings. The molecule has 0 aliphatic carbocycles. The quantitative estimate of drug-likeness (QED) is 0.720. The van der Waals surface area contributed by atoms with E-state index in [0.29, 0.717) is 18.9 Å². The highest BCUT2D eigenvalue weighted by atomic mass is 16.2. The SMILES string of the molecule is CCC(=O)N1CCN(C2CN(C(=O)CC)C2)CC1. The van der Waals surface area contributed by atoms with E-state index in [1.165, 1.54) is 0 Å². The van der Waals surface area contributed by atoms with Gasteiger partial charge in [-0.25, -0.2) is 0 Å². The van der Waals surface area contributed by atoms with E-state index in [0.717, 1.165) is 39.3 Å². The fourth-order valence-corrected chi connectivity index (χ4v) is 2.67. The lowest BCUT2D eigenvalue weighted by Gasteiger charge is -2.48. The van der Waals surface area contributed by atoms with Crippen LogP contribution in [0.3, 0.4) is 0 Å². The molecule has 0 spiro atoms. The summed E-state index contributed by atoms with van der Waals surface area (Å²) in [5, 5.41) is 0. The van der Waals surface area contributed by atoms with E-state index in [1.807, 2.05) is 23.6 Å². The molecule has 0 aromatic rings. The maximum Gasteiger partial charge on any atom is 0.222 e. The van der Waals surface area contributed by atoms with E-state index in [9.17, 15) is 9.59 Å². The summed E-state index contributed by atoms with van der Waals surface area (Å²) < 4.78 is 0. The van der Waals surface area contributed by atoms with Gasteiger partial charge in [0.2, 0.25) is 11.8 Å². The summed E-state index contributed by atoms with van der Waals surface area (Å²) in [5.74, 6) is 0.511. The van der Waals surface area contributed by atoms with Crippen LogP contribution < -0.4 is 0 Å². The van der Waals surface area contributed by atoms with Crippen molar-refractivity contribution in [3.8, 4) is 0 Å². The van der Waals surface area contributed by atoms with Crippen LogP contribution in [0.4, 0.5) is 0 Å². The van der Waals surface area contributed by atoms with Crippen LogP contribution in [-0.4, -0.2) is 71.8 Å². The maximum atomic E-state index is 11.6. The van der Waals surface area contributed by atoms with Gasteiger partial charge in [0.1, 0.15) is 0 Å². The first-order valence-corrected chi connectivity index (χ1v) is 6.95. The summed E-state index contributed by atoms with van der Waals surface area (Å²) in [6.45, 7) is 9.13. The number of amides is 2. The van der Waals surface area contributed by atoms with Gasteiger partial charge in [-0.15, -0.1) is 0 Å². The smallest absolute Gasteiger partial charge is 0.222 e. The molecular weight excluding hydrogens is 230 g/mol. The average molecular weight is 253 g/mol. The van der Waals surface area contributed by atoms with Crippen molar-refractivity contribution < 1.29 is 9.59 Å². The summed E-state index contributed by atoms with van der Waals surface area (Å²) in [7, 11) is 0. The van der Waals surface area contributed by atoms with Crippen molar-refractivity contribution in [2.24, 2.45) is 0 Å². The van der Waals surface area contributed by atoms with Crippen LogP contribution in [0.15, 0.2) is 0 Å². The van der Waals surface area contributed by atoms with Gasteiger partial charge >= 0.3 is 0 Å². The molecule has 5 nitrogen and oxygen atoms in total. The normalized spacial score (nSPS) is 21.9. The van der Waals surface area contributed by atoms with E-state index in [2.05, 4.69) is 4.90 Å². The van der Waals surface area contributed by atoms with Crippen LogP contribution in [0.25, 0.3) is 0 Å². The molecule has 0 radical (unpaired) electrons. The number of carbonyl (C=O) groups is 2. The van der Waals surface area contributed by atoms with Crippen molar-refractivity contribution in [2.45, 2.75) is 32.7 Å². The van der Waals surface area contributed by atoms with Gasteiger partial charge < -0.3 is 9.80 Å². The molecule has 0 unspecified atom stereocenters. The van der Waals surface area contributed by atoms with Gasteiger partial charge in [0.15, 0.2) is 0 Å². The standard InChI is InChI=1S/C13H23N3O2/c1-3-12(17)15-7-5-14(6-8-15)11-9-16(10-11)13(18)4-2/h11H,3-10H2,1-2H3. The molecule has 5 heteroatoms. The van der Waals surface area contributed by atoms with Gasteiger partial charge in [0, 0.05) is 58.2 Å². The van der Waals surface area contributed by atoms with Crippen LogP contribution in [0.2, 0.25) is 0 Å². The fourth-order valence-electron chi connectivity index (χ4n) is 2.67. The number of carbonyl (C=O) groups excluding carboxylic acids is 2. The minimum absolute atomic E-state index is 0.256. The number of hydrogen-bond acceptors (Lipinski definition) is 3. The number of piperazine rings is 1. The summed E-state index contributed by atoms with van der Waals surface area (Å²) in [4.78, 5) is 29.3. The van der Waals surface area contributed by atoms with Crippen molar-refractivity contribution in [1.29, 1.82) is 0 Å². The Morgan fingerprint density at radius 2 is 1.39 bits per heavy atom. The number of rotatable bonds is 3. The molecule has 0 bridgehead atoms. The summed E-state index contributed by atoms with van der Waals surface area (Å²) in [6.07, 6.45) is 1.20. The Bertz CT molecular complexity index is 318. The Kier molecular flexibility index (Phi) is 4.22. The van der Waals surface area contributed by atoms with Crippen molar-refractivity contribution in [1.82, 2.24) is 14.7 Å². The lowest BCUT2D eigenvalue weighted by Crippen LogP contribution is -2.64. The van der Waals surface area contributed by atoms with E-state index in [1.54, 1.807) is 0 Å². The fraction of sp³-hybridized carbons (Fsp3) is 0.846. The molecule has 0 atom stereocenters. The second-order valence-electron chi connectivity index (χ2n) is 5.08. The predicted octanol–water partition coefficient (Wildman–Crippen LogP) is 0.161. The molecule has 2 amide bonds. The lowest BCUT2D eigenvalue weighted by molar-refractivity contribution is -0.140. The third-order valence-corrected chi connectivity index (χ3v) is 4.00. The Labute approximate surface area is 109 Å². The van der Waals surface area contributed by atoms with E-state index in [-0.39, 0.29) is 11.8 Å². The van der Waals surface area contributed by atoms with Crippen molar-refractivity contribution in [2.75, 3.05) is 39.3 Å². The van der Waals surface area contributed by atoms with Crippen molar-refractivity contribution >= 4 is 11.8 Å². The molecular formula is C13H23N3O2. The highest BCUT2D eigenvalue weighted by Gasteiger charge is 2.35. The van der Waals surface area contributed by atoms with Gasteiger partial charge in [0.05, 0.1) is 0 Å². The molecule has 0 saturated carbocycles. The highest BCUT2D eigenvalue weighted by Crippen LogP contribution is 2.18. The number of likely N-dealkylation sites (tertiary alicyclic amines) is 1. The third kappa shape index (κ3) is 2.66. The van der Waals surface area contributed by atoms with Crippen LogP contribution in [0.5, 0.6) is 0 Å². The molecule has 2 aliphatic heterocycles. The molecule has 0 N–H and O–H groups in total. The van der Waals surface area contributed by atoms with Gasteiger partial charge in [-0.3, -0.25) is 14.5 Å². The molecule has 2 saturated heterocycles. The zero-order valence-corrected chi connectivity index (χ0v) is 11.4. The lowest BCUT2D eigenvalue weighted by atomic mass is 10.1. The van der Waals surface area contributed by atoms with E-state index < -0.39 is 0 Å². The summed E-state index contributed by atoms with van der Waals surface area (Å²) >= 11 is 0. The van der Waals surface area contributed by atoms with E-state index in [4.69, 9.17) is 0 Å². The van der Waals surface area contributed by atoms with Gasteiger partial charge in [-0.05, 0) is 0 Å². The third-order valence-electron chi connectivity index (χ3n) is 4.00. The van der Waals surface area contributed by atoms with Gasteiger partial charge in [-0.1, -0.05) is 13.8 Å². The van der Waals surface area contributed by atoms with Crippen LogP contribution >= 0.6 is 0 Å². The second kappa shape index (κ2) is 5.69. The first-order chi connectivity index (χ1) is 8.65. The highest BCUT2D eigenvalue weighted by molar-refractivity contribution is 5.77. The molecule has 102 valence electrons. The zero-order valence-electron chi connectivity index (χ0n) is 11.4. The summed E-state index contributed by atoms with van der Waals surface area (Å²) in [6, 6.07) is 0.513. The van der Waals surface area contributed by atoms with E-state index >= 15 is 0 Å². The molecule has 0 aromatic carbocycles. The average Bonchev–Trinajstić information content (AvgIpc) is 2.36. The summed E-state index contributed by atoms with van der Waals surface area (Å²) in [5.41, 5.74) is 0. The maximum absolute atomic E-state index is 11.6. The molecule has 2 heterocycles. The van der Waals surface area contributed by atoms with Crippen LogP contribution in [0, 0.1) is 0 Å². The molecule has 2 fully saturated rings. The first-order valence-electron chi connectivity index (χ1n) is 6.95. The Morgan fingerprint density at radius 3 is 1.89 bits per heavy atom. The first kappa shape index (κ1) is 13.3. The Hall–Kier alpha value is -1.10. The zero-order chi connectivity index (χ0) is 13.1. The molecule has 18 heavy (non-hydrogen) atoms. The van der Waals surface area contributed by atoms with Crippen LogP contribution in [0.1, 0.15) is 26.7 Å². The Morgan fingerprint density at radius 1 is 0.889 bits per heavy atom. The minimum Gasteiger partial charge on any atom is -0.340 e. The Balaban J connectivity index is 1.72. The largest absolute Gasteiger partial charge is 0.340 e. The molecule has 0 aromatic heterocycles. The monoisotopic (exact) mass is 253 g/mol. The second-order valence-corrected chi connectivity index (χ2v) is 5.08. The van der Waals surface area contributed by atoms with Gasteiger partial charge in [-0.2, -0.15) is 0 Å². The van der Waals surface area contributed by atoms with Gasteiger partial charge in [0.25, 0.3) is 0 Å². The number of hydrogen-bond donors (Lipinski definition) is 0. The van der Waals surface area contributed by atoms with Crippen LogP contribution in [-0.2, 0) is 9.59 Å². The number of nitrogens with zero attached hydrogens (tertiary/aromatic N) is 3. The van der Waals surface area contributed by atoms with Crippen molar-refractivity contribution in [3.05, 3.63) is 0 Å². The topological polar surface area (TPSA) is 43.9 Å². The minimum atomic E-state index is 0.256. The predicted molar refractivity (Wildman–Crippen MR) is 69.1 cm³/mol. The van der Waals surface area contributed by atoms with Crippen molar-refractivity contribution in [3.63, 3.8) is 0 Å².